The smallest absolute Gasteiger partial charge is 0.241 e. The van der Waals surface area contributed by atoms with Gasteiger partial charge in [-0.25, -0.2) is 13.1 Å². The first-order chi connectivity index (χ1) is 12.4. The fourth-order valence-corrected chi connectivity index (χ4v) is 3.97. The zero-order valence-electron chi connectivity index (χ0n) is 14.8. The van der Waals surface area contributed by atoms with Crippen LogP contribution in [0.15, 0.2) is 41.3 Å². The molecule has 2 aromatic rings. The molecule has 0 aromatic heterocycles. The summed E-state index contributed by atoms with van der Waals surface area (Å²) in [4.78, 5) is 0.107. The minimum atomic E-state index is -3.77. The number of nitrogens with one attached hydrogen (secondary N) is 1. The maximum atomic E-state index is 12.8. The van der Waals surface area contributed by atoms with Gasteiger partial charge in [0.05, 0.1) is 19.1 Å². The van der Waals surface area contributed by atoms with Crippen molar-refractivity contribution in [1.29, 1.82) is 0 Å². The van der Waals surface area contributed by atoms with E-state index >= 15 is 0 Å². The van der Waals surface area contributed by atoms with Crippen LogP contribution in [0.4, 0.5) is 0 Å². The molecular weight excluding hydrogens is 358 g/mol. The molecule has 0 saturated carbocycles. The summed E-state index contributed by atoms with van der Waals surface area (Å²) in [6, 6.07) is 9.26. The Morgan fingerprint density at radius 2 is 1.73 bits per heavy atom. The molecule has 0 unspecified atom stereocenters. The first kappa shape index (κ1) is 18.3. The Bertz CT molecular complexity index is 897. The highest BCUT2D eigenvalue weighted by atomic mass is 32.2. The average Bonchev–Trinajstić information content (AvgIpc) is 2.66. The van der Waals surface area contributed by atoms with Crippen LogP contribution < -0.4 is 23.7 Å². The molecule has 1 aliphatic heterocycles. The number of sulfonamides is 1. The molecule has 0 amide bonds. The van der Waals surface area contributed by atoms with Gasteiger partial charge in [-0.3, -0.25) is 0 Å². The highest BCUT2D eigenvalue weighted by Crippen LogP contribution is 2.34. The number of ether oxygens (including phenoxy) is 4. The highest BCUT2D eigenvalue weighted by Gasteiger charge is 2.23. The van der Waals surface area contributed by atoms with Gasteiger partial charge in [0.2, 0.25) is 10.0 Å². The van der Waals surface area contributed by atoms with Gasteiger partial charge in [0, 0.05) is 17.7 Å². The molecule has 1 heterocycles. The van der Waals surface area contributed by atoms with Crippen LogP contribution >= 0.6 is 0 Å². The van der Waals surface area contributed by atoms with E-state index in [9.17, 15) is 8.42 Å². The first-order valence-electron chi connectivity index (χ1n) is 8.08. The van der Waals surface area contributed by atoms with Crippen LogP contribution in [0.1, 0.15) is 18.5 Å². The van der Waals surface area contributed by atoms with Crippen LogP contribution in [0.3, 0.4) is 0 Å². The fraction of sp³-hybridized carbons (Fsp3) is 0.333. The Balaban J connectivity index is 1.87. The quantitative estimate of drug-likeness (QED) is 0.830. The molecule has 3 rings (SSSR count). The van der Waals surface area contributed by atoms with Crippen LogP contribution in [0.2, 0.25) is 0 Å². The third kappa shape index (κ3) is 3.71. The van der Waals surface area contributed by atoms with Gasteiger partial charge in [-0.2, -0.15) is 0 Å². The van der Waals surface area contributed by atoms with Gasteiger partial charge < -0.3 is 18.9 Å². The van der Waals surface area contributed by atoms with Crippen LogP contribution in [0, 0.1) is 0 Å². The third-order valence-electron chi connectivity index (χ3n) is 4.06. The summed E-state index contributed by atoms with van der Waals surface area (Å²) in [6.45, 7) is 2.58. The van der Waals surface area contributed by atoms with E-state index in [0.29, 0.717) is 41.8 Å². The van der Waals surface area contributed by atoms with E-state index in [2.05, 4.69) is 4.72 Å². The molecule has 0 radical (unpaired) electrons. The molecule has 7 nitrogen and oxygen atoms in total. The lowest BCUT2D eigenvalue weighted by molar-refractivity contribution is 0.171. The summed E-state index contributed by atoms with van der Waals surface area (Å²) >= 11 is 0. The number of methoxy groups -OCH3 is 2. The maximum Gasteiger partial charge on any atom is 0.241 e. The van der Waals surface area contributed by atoms with E-state index in [4.69, 9.17) is 18.9 Å². The van der Waals surface area contributed by atoms with Crippen LogP contribution in [0.5, 0.6) is 23.0 Å². The number of hydrogen-bond donors (Lipinski definition) is 1. The monoisotopic (exact) mass is 379 g/mol. The van der Waals surface area contributed by atoms with Crippen molar-refractivity contribution in [3.8, 4) is 23.0 Å². The minimum absolute atomic E-state index is 0.107. The molecule has 2 aromatic carbocycles. The van der Waals surface area contributed by atoms with Gasteiger partial charge in [-0.15, -0.1) is 0 Å². The van der Waals surface area contributed by atoms with Crippen molar-refractivity contribution in [2.75, 3.05) is 27.4 Å². The lowest BCUT2D eigenvalue weighted by Gasteiger charge is -2.20. The molecule has 8 heteroatoms. The summed E-state index contributed by atoms with van der Waals surface area (Å²) in [7, 11) is -0.681. The first-order valence-corrected chi connectivity index (χ1v) is 9.57. The number of hydrogen-bond acceptors (Lipinski definition) is 6. The topological polar surface area (TPSA) is 83.1 Å². The third-order valence-corrected chi connectivity index (χ3v) is 5.60. The average molecular weight is 379 g/mol. The molecule has 0 fully saturated rings. The Kier molecular flexibility index (Phi) is 5.24. The van der Waals surface area contributed by atoms with E-state index in [1.165, 1.54) is 19.2 Å². The molecule has 1 N–H and O–H groups in total. The Hall–Kier alpha value is -2.45. The van der Waals surface area contributed by atoms with E-state index in [-0.39, 0.29) is 4.90 Å². The van der Waals surface area contributed by atoms with E-state index in [0.717, 1.165) is 0 Å². The lowest BCUT2D eigenvalue weighted by atomic mass is 10.1. The Labute approximate surface area is 152 Å². The number of fused-ring (bicyclic) bond motifs is 1. The minimum Gasteiger partial charge on any atom is -0.497 e. The van der Waals surface area contributed by atoms with Crippen LogP contribution in [-0.2, 0) is 10.0 Å². The lowest BCUT2D eigenvalue weighted by Crippen LogP contribution is -2.27. The van der Waals surface area contributed by atoms with Crippen molar-refractivity contribution in [3.05, 3.63) is 42.0 Å². The van der Waals surface area contributed by atoms with Gasteiger partial charge in [0.25, 0.3) is 0 Å². The van der Waals surface area contributed by atoms with Crippen molar-refractivity contribution in [3.63, 3.8) is 0 Å². The van der Waals surface area contributed by atoms with E-state index < -0.39 is 16.1 Å². The highest BCUT2D eigenvalue weighted by molar-refractivity contribution is 7.89. The normalized spacial score (nSPS) is 14.6. The Morgan fingerprint density at radius 3 is 2.42 bits per heavy atom. The zero-order valence-corrected chi connectivity index (χ0v) is 15.6. The molecule has 0 saturated heterocycles. The SMILES string of the molecule is COc1ccc(OC)c([C@@H](C)NS(=O)(=O)c2ccc3c(c2)OCCO3)c1. The summed E-state index contributed by atoms with van der Waals surface area (Å²) in [6.07, 6.45) is 0. The van der Waals surface area contributed by atoms with Crippen LogP contribution in [0.25, 0.3) is 0 Å². The molecular formula is C18H21NO6S. The largest absolute Gasteiger partial charge is 0.497 e. The summed E-state index contributed by atoms with van der Waals surface area (Å²) in [5.41, 5.74) is 0.674. The number of benzene rings is 2. The predicted octanol–water partition coefficient (Wildman–Crippen LogP) is 2.51. The van der Waals surface area contributed by atoms with Gasteiger partial charge >= 0.3 is 0 Å². The molecule has 1 atom stereocenters. The van der Waals surface area contributed by atoms with Gasteiger partial charge in [-0.1, -0.05) is 0 Å². The molecule has 1 aliphatic rings. The number of rotatable bonds is 6. The molecule has 0 bridgehead atoms. The summed E-state index contributed by atoms with van der Waals surface area (Å²) in [5.74, 6) is 2.15. The molecule has 0 aliphatic carbocycles. The maximum absolute atomic E-state index is 12.8. The second-order valence-corrected chi connectivity index (χ2v) is 7.47. The fourth-order valence-electron chi connectivity index (χ4n) is 2.73. The van der Waals surface area contributed by atoms with Crippen molar-refractivity contribution < 1.29 is 27.4 Å². The van der Waals surface area contributed by atoms with Gasteiger partial charge in [0.15, 0.2) is 11.5 Å². The summed E-state index contributed by atoms with van der Waals surface area (Å²) < 4.78 is 49.7. The van der Waals surface area contributed by atoms with Gasteiger partial charge in [-0.05, 0) is 37.3 Å². The second-order valence-electron chi connectivity index (χ2n) is 5.76. The molecule has 26 heavy (non-hydrogen) atoms. The Morgan fingerprint density at radius 1 is 1.00 bits per heavy atom. The predicted molar refractivity (Wildman–Crippen MR) is 95.7 cm³/mol. The van der Waals surface area contributed by atoms with Crippen LogP contribution in [-0.4, -0.2) is 35.9 Å². The second kappa shape index (κ2) is 7.43. The molecule has 0 spiro atoms. The van der Waals surface area contributed by atoms with Crippen molar-refractivity contribution in [2.24, 2.45) is 0 Å². The van der Waals surface area contributed by atoms with E-state index in [1.54, 1.807) is 38.3 Å². The van der Waals surface area contributed by atoms with Gasteiger partial charge in [0.1, 0.15) is 24.7 Å². The zero-order chi connectivity index (χ0) is 18.7. The van der Waals surface area contributed by atoms with Crippen molar-refractivity contribution in [1.82, 2.24) is 4.72 Å². The van der Waals surface area contributed by atoms with Crippen molar-refractivity contribution in [2.45, 2.75) is 17.9 Å². The standard InChI is InChI=1S/C18H21NO6S/c1-12(15-10-13(22-2)4-6-16(15)23-3)19-26(20,21)14-5-7-17-18(11-14)25-9-8-24-17/h4-7,10-12,19H,8-9H2,1-3H3/t12-/m1/s1. The summed E-state index contributed by atoms with van der Waals surface area (Å²) in [5, 5.41) is 0. The molecule has 140 valence electrons. The van der Waals surface area contributed by atoms with E-state index in [1.807, 2.05) is 0 Å². The van der Waals surface area contributed by atoms with Crippen molar-refractivity contribution >= 4 is 10.0 Å².